The van der Waals surface area contributed by atoms with E-state index in [4.69, 9.17) is 4.74 Å². The minimum absolute atomic E-state index is 0.0692. The van der Waals surface area contributed by atoms with Gasteiger partial charge in [0, 0.05) is 13.0 Å². The summed E-state index contributed by atoms with van der Waals surface area (Å²) in [5, 5.41) is 0. The van der Waals surface area contributed by atoms with E-state index < -0.39 is 5.97 Å². The molecule has 1 aliphatic rings. The Morgan fingerprint density at radius 2 is 2.11 bits per heavy atom. The van der Waals surface area contributed by atoms with Crippen molar-refractivity contribution in [3.63, 3.8) is 0 Å². The smallest absolute Gasteiger partial charge is 0.337 e. The summed E-state index contributed by atoms with van der Waals surface area (Å²) in [7, 11) is 3.04. The highest BCUT2D eigenvalue weighted by molar-refractivity contribution is 5.90. The number of esters is 1. The Kier molecular flexibility index (Phi) is 5.10. The van der Waals surface area contributed by atoms with E-state index in [0.717, 1.165) is 5.57 Å². The van der Waals surface area contributed by atoms with Gasteiger partial charge in [0.15, 0.2) is 0 Å². The molecule has 0 aromatic rings. The zero-order chi connectivity index (χ0) is 13.7. The average molecular weight is 248 g/mol. The van der Waals surface area contributed by atoms with Crippen LogP contribution < -0.4 is 0 Å². The molecule has 0 amide bonds. The second-order valence-corrected chi connectivity index (χ2v) is 4.34. The van der Waals surface area contributed by atoms with Gasteiger partial charge in [-0.15, -0.1) is 0 Å². The lowest BCUT2D eigenvalue weighted by Gasteiger charge is -2.26. The fraction of sp³-hybridized carbons (Fsp3) is 0.400. The minimum Gasteiger partial charge on any atom is -0.465 e. The maximum Gasteiger partial charge on any atom is 0.337 e. The Bertz CT molecular complexity index is 427. The maximum absolute atomic E-state index is 11.2. The first-order valence-corrected chi connectivity index (χ1v) is 5.88. The van der Waals surface area contributed by atoms with Crippen LogP contribution in [0.1, 0.15) is 13.8 Å². The molecule has 18 heavy (non-hydrogen) atoms. The summed E-state index contributed by atoms with van der Waals surface area (Å²) in [5.41, 5.74) is 2.66. The van der Waals surface area contributed by atoms with Gasteiger partial charge in [-0.3, -0.25) is 0 Å². The third-order valence-corrected chi connectivity index (χ3v) is 3.16. The number of allylic oxidation sites excluding steroid dienone is 3. The van der Waals surface area contributed by atoms with E-state index in [0.29, 0.717) is 5.57 Å². The highest BCUT2D eigenvalue weighted by atomic mass is 16.5. The van der Waals surface area contributed by atoms with Crippen molar-refractivity contribution in [1.82, 2.24) is 0 Å². The Hall–Kier alpha value is -1.61. The number of carbonyl (C=O) groups is 1. The van der Waals surface area contributed by atoms with Crippen molar-refractivity contribution < 1.29 is 14.3 Å². The molecular formula is C15H20O3. The van der Waals surface area contributed by atoms with E-state index in [1.807, 2.05) is 25.2 Å². The Labute approximate surface area is 108 Å². The second kappa shape index (κ2) is 6.36. The highest BCUT2D eigenvalue weighted by Crippen LogP contribution is 2.28. The first-order chi connectivity index (χ1) is 8.51. The summed E-state index contributed by atoms with van der Waals surface area (Å²) in [6, 6.07) is 0. The zero-order valence-electron chi connectivity index (χ0n) is 11.4. The minimum atomic E-state index is -0.410. The summed E-state index contributed by atoms with van der Waals surface area (Å²) < 4.78 is 9.99. The number of hydrogen-bond acceptors (Lipinski definition) is 3. The first kappa shape index (κ1) is 14.5. The monoisotopic (exact) mass is 248 g/mol. The van der Waals surface area contributed by atoms with Crippen LogP contribution in [0, 0.1) is 5.92 Å². The van der Waals surface area contributed by atoms with Crippen LogP contribution in [0.4, 0.5) is 0 Å². The topological polar surface area (TPSA) is 35.5 Å². The van der Waals surface area contributed by atoms with E-state index in [-0.39, 0.29) is 12.0 Å². The van der Waals surface area contributed by atoms with Gasteiger partial charge in [0.2, 0.25) is 0 Å². The molecule has 2 unspecified atom stereocenters. The van der Waals surface area contributed by atoms with Gasteiger partial charge in [0.05, 0.1) is 18.8 Å². The maximum atomic E-state index is 11.2. The molecule has 2 atom stereocenters. The van der Waals surface area contributed by atoms with E-state index in [1.165, 1.54) is 12.7 Å². The standard InChI is InChI=1S/C15H20O3/c1-10-7-9-14(17-4)12(3)13(10)8-6-11(2)15(16)18-5/h6-9,12,14H,2H2,1,3-5H3/b8-6-. The molecule has 1 aliphatic carbocycles. The number of carbonyl (C=O) groups excluding carboxylic acids is 1. The third kappa shape index (κ3) is 3.20. The number of ether oxygens (including phenoxy) is 2. The summed E-state index contributed by atoms with van der Waals surface area (Å²) in [6.45, 7) is 7.81. The molecule has 3 nitrogen and oxygen atoms in total. The van der Waals surface area contributed by atoms with Crippen molar-refractivity contribution in [3.05, 3.63) is 47.6 Å². The van der Waals surface area contributed by atoms with Crippen LogP contribution in [0.2, 0.25) is 0 Å². The fourth-order valence-electron chi connectivity index (χ4n) is 1.99. The van der Waals surface area contributed by atoms with Crippen molar-refractivity contribution in [2.45, 2.75) is 20.0 Å². The van der Waals surface area contributed by atoms with Gasteiger partial charge in [-0.2, -0.15) is 0 Å². The molecule has 0 heterocycles. The first-order valence-electron chi connectivity index (χ1n) is 5.88. The summed E-state index contributed by atoms with van der Waals surface area (Å²) in [4.78, 5) is 11.2. The van der Waals surface area contributed by atoms with Crippen molar-refractivity contribution >= 4 is 5.97 Å². The lowest BCUT2D eigenvalue weighted by molar-refractivity contribution is -0.135. The van der Waals surface area contributed by atoms with Crippen LogP contribution in [0.3, 0.4) is 0 Å². The number of methoxy groups -OCH3 is 2. The predicted molar refractivity (Wildman–Crippen MR) is 72.1 cm³/mol. The second-order valence-electron chi connectivity index (χ2n) is 4.34. The van der Waals surface area contributed by atoms with Gasteiger partial charge >= 0.3 is 5.97 Å². The Balaban J connectivity index is 2.88. The SMILES string of the molecule is C=C(/C=C\C1=C(C)C=CC(OC)C1C)C(=O)OC. The molecule has 0 aromatic heterocycles. The fourth-order valence-corrected chi connectivity index (χ4v) is 1.99. The Morgan fingerprint density at radius 1 is 1.44 bits per heavy atom. The molecule has 0 bridgehead atoms. The molecule has 0 aliphatic heterocycles. The molecular weight excluding hydrogens is 228 g/mol. The number of rotatable bonds is 4. The summed E-state index contributed by atoms with van der Waals surface area (Å²) in [5.74, 6) is -0.159. The Morgan fingerprint density at radius 3 is 2.67 bits per heavy atom. The van der Waals surface area contributed by atoms with Crippen LogP contribution in [0.25, 0.3) is 0 Å². The van der Waals surface area contributed by atoms with Crippen molar-refractivity contribution in [1.29, 1.82) is 0 Å². The van der Waals surface area contributed by atoms with Crippen LogP contribution in [-0.4, -0.2) is 26.3 Å². The molecule has 0 aromatic carbocycles. The van der Waals surface area contributed by atoms with Gasteiger partial charge < -0.3 is 9.47 Å². The van der Waals surface area contributed by atoms with Crippen LogP contribution in [0.5, 0.6) is 0 Å². The zero-order valence-corrected chi connectivity index (χ0v) is 11.4. The summed E-state index contributed by atoms with van der Waals surface area (Å²) in [6.07, 6.45) is 7.75. The summed E-state index contributed by atoms with van der Waals surface area (Å²) >= 11 is 0. The molecule has 0 radical (unpaired) electrons. The molecule has 0 N–H and O–H groups in total. The molecule has 0 fully saturated rings. The lowest BCUT2D eigenvalue weighted by atomic mass is 9.86. The molecule has 1 rings (SSSR count). The largest absolute Gasteiger partial charge is 0.465 e. The van der Waals surface area contributed by atoms with Crippen molar-refractivity contribution in [3.8, 4) is 0 Å². The third-order valence-electron chi connectivity index (χ3n) is 3.16. The van der Waals surface area contributed by atoms with E-state index >= 15 is 0 Å². The van der Waals surface area contributed by atoms with Crippen LogP contribution >= 0.6 is 0 Å². The van der Waals surface area contributed by atoms with Gasteiger partial charge in [-0.1, -0.05) is 31.7 Å². The van der Waals surface area contributed by atoms with Crippen molar-refractivity contribution in [2.75, 3.05) is 14.2 Å². The quantitative estimate of drug-likeness (QED) is 0.436. The molecule has 3 heteroatoms. The van der Waals surface area contributed by atoms with E-state index in [2.05, 4.69) is 18.2 Å². The molecule has 0 saturated carbocycles. The molecule has 0 saturated heterocycles. The highest BCUT2D eigenvalue weighted by Gasteiger charge is 2.21. The van der Waals surface area contributed by atoms with Gasteiger partial charge in [0.1, 0.15) is 0 Å². The lowest BCUT2D eigenvalue weighted by Crippen LogP contribution is -2.22. The molecule has 98 valence electrons. The van der Waals surface area contributed by atoms with E-state index in [1.54, 1.807) is 13.2 Å². The molecule has 0 spiro atoms. The van der Waals surface area contributed by atoms with E-state index in [9.17, 15) is 4.79 Å². The van der Waals surface area contributed by atoms with Gasteiger partial charge in [-0.25, -0.2) is 4.79 Å². The normalized spacial score (nSPS) is 23.6. The number of hydrogen-bond donors (Lipinski definition) is 0. The van der Waals surface area contributed by atoms with Gasteiger partial charge in [0.25, 0.3) is 0 Å². The van der Waals surface area contributed by atoms with Gasteiger partial charge in [-0.05, 0) is 24.1 Å². The van der Waals surface area contributed by atoms with Crippen LogP contribution in [-0.2, 0) is 14.3 Å². The van der Waals surface area contributed by atoms with Crippen LogP contribution in [0.15, 0.2) is 47.6 Å². The van der Waals surface area contributed by atoms with Crippen molar-refractivity contribution in [2.24, 2.45) is 5.92 Å². The average Bonchev–Trinajstić information content (AvgIpc) is 2.37. The predicted octanol–water partition coefficient (Wildman–Crippen LogP) is 2.81.